The Morgan fingerprint density at radius 2 is 1.90 bits per heavy atom. The van der Waals surface area contributed by atoms with Gasteiger partial charge in [0.1, 0.15) is 5.52 Å². The Kier molecular flexibility index (Phi) is 5.55. The van der Waals surface area contributed by atoms with Gasteiger partial charge in [0.05, 0.1) is 11.7 Å². The third-order valence-electron chi connectivity index (χ3n) is 4.76. The molecule has 0 radical (unpaired) electrons. The average molecular weight is 422 g/mol. The van der Waals surface area contributed by atoms with Crippen LogP contribution in [0, 0.1) is 5.92 Å². The number of rotatable bonds is 6. The van der Waals surface area contributed by atoms with Gasteiger partial charge in [-0.15, -0.1) is 10.2 Å². The SMILES string of the molecule is CC(C)Cn1c2ccc(Cl)cc2c2nnc(N/N=C/c3ccc(N(C)C)cc3)nc21. The van der Waals surface area contributed by atoms with Crippen LogP contribution in [-0.2, 0) is 6.54 Å². The molecule has 0 fully saturated rings. The van der Waals surface area contributed by atoms with Crippen LogP contribution in [0.15, 0.2) is 47.6 Å². The Morgan fingerprint density at radius 1 is 1.13 bits per heavy atom. The maximum absolute atomic E-state index is 6.21. The first-order chi connectivity index (χ1) is 14.4. The summed E-state index contributed by atoms with van der Waals surface area (Å²) in [5.74, 6) is 0.802. The monoisotopic (exact) mass is 421 g/mol. The summed E-state index contributed by atoms with van der Waals surface area (Å²) in [5.41, 5.74) is 7.56. The van der Waals surface area contributed by atoms with E-state index in [-0.39, 0.29) is 0 Å². The summed E-state index contributed by atoms with van der Waals surface area (Å²) >= 11 is 6.21. The Hall–Kier alpha value is -3.19. The van der Waals surface area contributed by atoms with E-state index in [2.05, 4.69) is 49.0 Å². The summed E-state index contributed by atoms with van der Waals surface area (Å²) in [6.45, 7) is 5.17. The van der Waals surface area contributed by atoms with Crippen LogP contribution in [0.5, 0.6) is 0 Å². The van der Waals surface area contributed by atoms with Crippen LogP contribution < -0.4 is 10.3 Å². The molecule has 30 heavy (non-hydrogen) atoms. The Labute approximate surface area is 180 Å². The van der Waals surface area contributed by atoms with Crippen molar-refractivity contribution in [3.05, 3.63) is 53.1 Å². The zero-order valence-corrected chi connectivity index (χ0v) is 18.2. The highest BCUT2D eigenvalue weighted by atomic mass is 35.5. The highest BCUT2D eigenvalue weighted by Crippen LogP contribution is 2.29. The van der Waals surface area contributed by atoms with Gasteiger partial charge in [0, 0.05) is 36.7 Å². The fourth-order valence-electron chi connectivity index (χ4n) is 3.35. The Morgan fingerprint density at radius 3 is 2.60 bits per heavy atom. The van der Waals surface area contributed by atoms with Crippen molar-refractivity contribution in [1.29, 1.82) is 0 Å². The van der Waals surface area contributed by atoms with Crippen LogP contribution in [0.25, 0.3) is 22.1 Å². The summed E-state index contributed by atoms with van der Waals surface area (Å²) in [7, 11) is 4.02. The van der Waals surface area contributed by atoms with Crippen LogP contribution >= 0.6 is 11.6 Å². The minimum Gasteiger partial charge on any atom is -0.378 e. The number of halogens is 1. The van der Waals surface area contributed by atoms with E-state index in [1.54, 1.807) is 6.21 Å². The molecule has 0 aliphatic carbocycles. The quantitative estimate of drug-likeness (QED) is 0.357. The molecule has 2 aromatic carbocycles. The number of nitrogens with zero attached hydrogens (tertiary/aromatic N) is 6. The molecule has 4 aromatic rings. The van der Waals surface area contributed by atoms with Crippen molar-refractivity contribution < 1.29 is 0 Å². The number of hydrogen-bond donors (Lipinski definition) is 1. The van der Waals surface area contributed by atoms with E-state index in [4.69, 9.17) is 11.6 Å². The van der Waals surface area contributed by atoms with Crippen LogP contribution in [-0.4, -0.2) is 40.1 Å². The zero-order chi connectivity index (χ0) is 21.3. The van der Waals surface area contributed by atoms with Gasteiger partial charge >= 0.3 is 0 Å². The lowest BCUT2D eigenvalue weighted by atomic mass is 10.2. The largest absolute Gasteiger partial charge is 0.378 e. The highest BCUT2D eigenvalue weighted by Gasteiger charge is 2.16. The highest BCUT2D eigenvalue weighted by molar-refractivity contribution is 6.31. The number of aromatic nitrogens is 4. The van der Waals surface area contributed by atoms with E-state index in [9.17, 15) is 0 Å². The standard InChI is InChI=1S/C22H24ClN7/c1-14(2)13-30-19-10-7-16(23)11-18(19)20-21(30)25-22(28-26-20)27-24-12-15-5-8-17(9-6-15)29(3)4/h5-12,14H,13H2,1-4H3,(H,25,27,28)/b24-12+. The number of hydrogen-bond acceptors (Lipinski definition) is 6. The van der Waals surface area contributed by atoms with Crippen molar-refractivity contribution in [1.82, 2.24) is 19.7 Å². The molecule has 2 aromatic heterocycles. The molecule has 154 valence electrons. The fraction of sp³-hybridized carbons (Fsp3) is 0.273. The van der Waals surface area contributed by atoms with Crippen LogP contribution in [0.4, 0.5) is 11.6 Å². The van der Waals surface area contributed by atoms with Crippen molar-refractivity contribution in [3.63, 3.8) is 0 Å². The van der Waals surface area contributed by atoms with Crippen LogP contribution in [0.1, 0.15) is 19.4 Å². The van der Waals surface area contributed by atoms with Crippen molar-refractivity contribution in [2.24, 2.45) is 11.0 Å². The van der Waals surface area contributed by atoms with Crippen molar-refractivity contribution >= 4 is 51.5 Å². The minimum atomic E-state index is 0.350. The zero-order valence-electron chi connectivity index (χ0n) is 17.5. The number of fused-ring (bicyclic) bond motifs is 3. The number of hydrazone groups is 1. The van der Waals surface area contributed by atoms with Gasteiger partial charge in [-0.3, -0.25) is 0 Å². The van der Waals surface area contributed by atoms with E-state index in [1.165, 1.54) is 0 Å². The molecule has 0 bridgehead atoms. The third-order valence-corrected chi connectivity index (χ3v) is 5.00. The van der Waals surface area contributed by atoms with E-state index in [0.717, 1.165) is 39.9 Å². The van der Waals surface area contributed by atoms with Gasteiger partial charge in [-0.2, -0.15) is 10.1 Å². The van der Waals surface area contributed by atoms with Gasteiger partial charge in [-0.1, -0.05) is 37.6 Å². The Balaban J connectivity index is 1.64. The number of benzene rings is 2. The maximum Gasteiger partial charge on any atom is 0.265 e. The molecule has 0 atom stereocenters. The lowest BCUT2D eigenvalue weighted by Gasteiger charge is -2.11. The van der Waals surface area contributed by atoms with E-state index in [1.807, 2.05) is 56.6 Å². The summed E-state index contributed by atoms with van der Waals surface area (Å²) in [4.78, 5) is 6.73. The second-order valence-corrected chi connectivity index (χ2v) is 8.27. The van der Waals surface area contributed by atoms with Crippen LogP contribution in [0.2, 0.25) is 5.02 Å². The lowest BCUT2D eigenvalue weighted by Crippen LogP contribution is -2.08. The van der Waals surface area contributed by atoms with Gasteiger partial charge in [0.2, 0.25) is 0 Å². The molecule has 0 saturated carbocycles. The topological polar surface area (TPSA) is 71.2 Å². The molecule has 0 aliphatic heterocycles. The first-order valence-corrected chi connectivity index (χ1v) is 10.2. The smallest absolute Gasteiger partial charge is 0.265 e. The first-order valence-electron chi connectivity index (χ1n) is 9.81. The molecule has 0 unspecified atom stereocenters. The molecule has 4 rings (SSSR count). The van der Waals surface area contributed by atoms with Crippen LogP contribution in [0.3, 0.4) is 0 Å². The molecule has 8 heteroatoms. The molecule has 0 aliphatic rings. The predicted octanol–water partition coefficient (Wildman–Crippen LogP) is 4.80. The van der Waals surface area contributed by atoms with Crippen molar-refractivity contribution in [3.8, 4) is 0 Å². The van der Waals surface area contributed by atoms with Crippen molar-refractivity contribution in [2.45, 2.75) is 20.4 Å². The Bertz CT molecular complexity index is 1210. The molecule has 2 heterocycles. The van der Waals surface area contributed by atoms with Gasteiger partial charge in [-0.25, -0.2) is 5.43 Å². The van der Waals surface area contributed by atoms with Crippen molar-refractivity contribution in [2.75, 3.05) is 24.4 Å². The first kappa shape index (κ1) is 20.1. The maximum atomic E-state index is 6.21. The second kappa shape index (κ2) is 8.28. The van der Waals surface area contributed by atoms with E-state index in [0.29, 0.717) is 16.9 Å². The lowest BCUT2D eigenvalue weighted by molar-refractivity contribution is 0.543. The molecule has 0 saturated heterocycles. The van der Waals surface area contributed by atoms with E-state index >= 15 is 0 Å². The van der Waals surface area contributed by atoms with Gasteiger partial charge in [-0.05, 0) is 41.8 Å². The molecule has 0 spiro atoms. The number of anilines is 2. The van der Waals surface area contributed by atoms with Gasteiger partial charge in [0.15, 0.2) is 5.65 Å². The van der Waals surface area contributed by atoms with Gasteiger partial charge < -0.3 is 9.47 Å². The molecule has 7 nitrogen and oxygen atoms in total. The van der Waals surface area contributed by atoms with E-state index < -0.39 is 0 Å². The number of nitrogens with one attached hydrogen (secondary N) is 1. The summed E-state index contributed by atoms with van der Waals surface area (Å²) in [6, 6.07) is 13.9. The molecular weight excluding hydrogens is 398 g/mol. The summed E-state index contributed by atoms with van der Waals surface area (Å²) in [6.07, 6.45) is 1.73. The van der Waals surface area contributed by atoms with Gasteiger partial charge in [0.25, 0.3) is 5.95 Å². The second-order valence-electron chi connectivity index (χ2n) is 7.83. The normalized spacial score (nSPS) is 11.8. The average Bonchev–Trinajstić information content (AvgIpc) is 3.00. The minimum absolute atomic E-state index is 0.350. The molecular formula is C22H24ClN7. The fourth-order valence-corrected chi connectivity index (χ4v) is 3.52. The molecule has 0 amide bonds. The predicted molar refractivity (Wildman–Crippen MR) is 125 cm³/mol. The summed E-state index contributed by atoms with van der Waals surface area (Å²) in [5, 5.41) is 14.5. The third kappa shape index (κ3) is 4.07. The molecule has 1 N–H and O–H groups in total. The summed E-state index contributed by atoms with van der Waals surface area (Å²) < 4.78 is 2.16.